The van der Waals surface area contributed by atoms with Crippen LogP contribution in [0.15, 0.2) is 334 Å². The number of rotatable bonds is 15. The van der Waals surface area contributed by atoms with Crippen LogP contribution in [0.5, 0.6) is 0 Å². The summed E-state index contributed by atoms with van der Waals surface area (Å²) < 4.78 is 14.6. The predicted octanol–water partition coefficient (Wildman–Crippen LogP) is 20.9. The lowest BCUT2D eigenvalue weighted by Crippen LogP contribution is -2.61. The highest BCUT2D eigenvalue weighted by Crippen LogP contribution is 2.49. The number of hydrogen-bond donors (Lipinski definition) is 0. The third kappa shape index (κ3) is 12.3. The molecule has 514 valence electrons. The molecule has 0 aliphatic carbocycles. The van der Waals surface area contributed by atoms with Crippen molar-refractivity contribution in [1.29, 1.82) is 5.26 Å². The van der Waals surface area contributed by atoms with Gasteiger partial charge in [-0.15, -0.1) is 0 Å². The molecule has 0 saturated heterocycles. The number of nitrogens with zero attached hydrogens (tertiary/aromatic N) is 7. The second kappa shape index (κ2) is 27.6. The molecule has 14 aromatic carbocycles. The maximum absolute atomic E-state index is 14.7. The number of benzene rings is 14. The molecule has 0 atom stereocenters. The van der Waals surface area contributed by atoms with Crippen LogP contribution in [0, 0.1) is 11.3 Å². The fourth-order valence-electron chi connectivity index (χ4n) is 15.3. The number of hydrogen-bond acceptors (Lipinski definition) is 10. The molecular formula is C96H68BN7O4. The van der Waals surface area contributed by atoms with E-state index in [1.165, 1.54) is 5.56 Å². The van der Waals surface area contributed by atoms with Crippen LogP contribution in [0.2, 0.25) is 0 Å². The zero-order chi connectivity index (χ0) is 73.0. The van der Waals surface area contributed by atoms with Gasteiger partial charge in [-0.1, -0.05) is 251 Å². The summed E-state index contributed by atoms with van der Waals surface area (Å²) in [5.41, 5.74) is 23.1. The third-order valence-electron chi connectivity index (χ3n) is 20.7. The van der Waals surface area contributed by atoms with Crippen molar-refractivity contribution in [3.8, 4) is 79.3 Å². The lowest BCUT2D eigenvalue weighted by atomic mass is 9.33. The lowest BCUT2D eigenvalue weighted by molar-refractivity contribution is 0.0464. The third-order valence-corrected chi connectivity index (χ3v) is 20.7. The van der Waals surface area contributed by atoms with Crippen LogP contribution in [0.3, 0.4) is 0 Å². The monoisotopic (exact) mass is 1390 g/mol. The number of carbonyl (C=O) groups is 2. The average molecular weight is 1390 g/mol. The van der Waals surface area contributed by atoms with Crippen LogP contribution in [0.1, 0.15) is 63.7 Å². The number of carbonyl (C=O) groups excluding carboxylic acids is 2. The zero-order valence-corrected chi connectivity index (χ0v) is 59.5. The Morgan fingerprint density at radius 2 is 0.787 bits per heavy atom. The molecule has 0 radical (unpaired) electrons. The highest BCUT2D eigenvalue weighted by Gasteiger charge is 2.45. The van der Waals surface area contributed by atoms with Gasteiger partial charge >= 0.3 is 11.9 Å². The van der Waals surface area contributed by atoms with E-state index in [1.807, 2.05) is 188 Å². The smallest absolute Gasteiger partial charge is 0.338 e. The molecule has 2 aromatic heterocycles. The van der Waals surface area contributed by atoms with Gasteiger partial charge in [-0.05, 0) is 175 Å². The van der Waals surface area contributed by atoms with Crippen molar-refractivity contribution in [2.24, 2.45) is 0 Å². The summed E-state index contributed by atoms with van der Waals surface area (Å²) in [6, 6.07) is 116. The molecule has 2 aliphatic heterocycles. The van der Waals surface area contributed by atoms with E-state index >= 15 is 0 Å². The Balaban J connectivity index is 0.879. The molecule has 4 heterocycles. The summed E-state index contributed by atoms with van der Waals surface area (Å²) in [5.74, 6) is 0.524. The van der Waals surface area contributed by atoms with Gasteiger partial charge in [-0.2, -0.15) is 5.26 Å². The minimum atomic E-state index is -0.549. The Kier molecular flexibility index (Phi) is 16.8. The summed E-state index contributed by atoms with van der Waals surface area (Å²) >= 11 is 0. The van der Waals surface area contributed by atoms with Gasteiger partial charge < -0.3 is 23.8 Å². The fraction of sp³-hybridized carbons (Fsp3) is 0.0625. The van der Waals surface area contributed by atoms with E-state index < -0.39 is 18.7 Å². The first kappa shape index (κ1) is 66.0. The molecule has 0 fully saturated rings. The number of aromatic nitrogens is 4. The van der Waals surface area contributed by atoms with Gasteiger partial charge in [0.2, 0.25) is 0 Å². The second-order valence-corrected chi connectivity index (χ2v) is 28.5. The van der Waals surface area contributed by atoms with Crippen molar-refractivity contribution in [1.82, 2.24) is 19.5 Å². The summed E-state index contributed by atoms with van der Waals surface area (Å²) in [6.45, 7) is 6.37. The van der Waals surface area contributed by atoms with Crippen molar-refractivity contribution in [3.63, 3.8) is 0 Å². The summed E-state index contributed by atoms with van der Waals surface area (Å²) in [4.78, 5) is 49.7. The maximum atomic E-state index is 14.7. The minimum Gasteiger partial charge on any atom is -0.457 e. The van der Waals surface area contributed by atoms with Crippen molar-refractivity contribution in [2.45, 2.75) is 39.4 Å². The molecule has 2 aliphatic rings. The molecule has 108 heavy (non-hydrogen) atoms. The Labute approximate surface area is 626 Å². The Morgan fingerprint density at radius 1 is 0.380 bits per heavy atom. The molecule has 0 bridgehead atoms. The van der Waals surface area contributed by atoms with Gasteiger partial charge in [0.05, 0.1) is 39.5 Å². The number of esters is 2. The van der Waals surface area contributed by atoms with Crippen molar-refractivity contribution in [3.05, 3.63) is 367 Å². The number of ether oxygens (including phenoxy) is 2. The Hall–Kier alpha value is -14.0. The fourth-order valence-corrected chi connectivity index (χ4v) is 15.3. The van der Waals surface area contributed by atoms with Crippen LogP contribution in [0.25, 0.3) is 95.0 Å². The number of nitriles is 1. The van der Waals surface area contributed by atoms with E-state index in [0.29, 0.717) is 39.7 Å². The summed E-state index contributed by atoms with van der Waals surface area (Å²) in [5, 5.41) is 12.7. The van der Waals surface area contributed by atoms with Crippen LogP contribution in [-0.4, -0.2) is 38.2 Å². The summed E-state index contributed by atoms with van der Waals surface area (Å²) in [6.07, 6.45) is 0. The molecular weight excluding hydrogens is 1330 g/mol. The average Bonchev–Trinajstić information content (AvgIpc) is 0.814. The second-order valence-electron chi connectivity index (χ2n) is 28.5. The van der Waals surface area contributed by atoms with E-state index in [2.05, 4.69) is 187 Å². The van der Waals surface area contributed by atoms with Crippen LogP contribution in [0.4, 0.5) is 34.1 Å². The van der Waals surface area contributed by atoms with Crippen LogP contribution in [-0.2, 0) is 28.1 Å². The maximum Gasteiger partial charge on any atom is 0.338 e. The normalized spacial score (nSPS) is 12.1. The van der Waals surface area contributed by atoms with E-state index in [4.69, 9.17) is 24.4 Å². The van der Waals surface area contributed by atoms with Gasteiger partial charge in [0.25, 0.3) is 6.71 Å². The van der Waals surface area contributed by atoms with Gasteiger partial charge in [0.15, 0.2) is 17.5 Å². The molecule has 0 spiro atoms. The van der Waals surface area contributed by atoms with Crippen molar-refractivity contribution < 1.29 is 19.1 Å². The minimum absolute atomic E-state index is 0.0954. The van der Waals surface area contributed by atoms with E-state index in [0.717, 1.165) is 134 Å². The number of anilines is 6. The molecule has 12 heteroatoms. The molecule has 0 amide bonds. The first-order valence-electron chi connectivity index (χ1n) is 36.2. The molecule has 18 rings (SSSR count). The Morgan fingerprint density at radius 3 is 1.25 bits per heavy atom. The van der Waals surface area contributed by atoms with Crippen LogP contribution < -0.4 is 26.2 Å². The first-order chi connectivity index (χ1) is 52.9. The summed E-state index contributed by atoms with van der Waals surface area (Å²) in [7, 11) is 0. The topological polar surface area (TPSA) is 126 Å². The van der Waals surface area contributed by atoms with Gasteiger partial charge in [-0.3, -0.25) is 0 Å². The largest absolute Gasteiger partial charge is 0.457 e. The molecule has 0 N–H and O–H groups in total. The van der Waals surface area contributed by atoms with Crippen molar-refractivity contribution >= 4 is 91.0 Å². The molecule has 11 nitrogen and oxygen atoms in total. The van der Waals surface area contributed by atoms with E-state index in [1.54, 1.807) is 0 Å². The quantitative estimate of drug-likeness (QED) is 0.0723. The van der Waals surface area contributed by atoms with Gasteiger partial charge in [0, 0.05) is 61.6 Å². The molecule has 16 aromatic rings. The standard InChI is InChI=1S/C96H68BN7O4/c1-96(2,3)75-42-51-84-79(58-75)78-53-71(39-48-83(78)104(84)85-47-34-64(59-98)52-80(85)93-100-91(69-30-18-8-19-31-69)99-92(101-93)70-32-20-9-21-33-70)74-56-88-90-89(57-74)103(77-45-37-68(38-46-77)66-28-16-7-17-29-66)87-50-41-73(95(106)108-61-63-24-12-5-13-25-63)55-82(87)97(90)81-54-72(94(105)107-60-62-22-10-4-11-23-62)40-49-86(81)102(88)76-43-35-67(36-44-76)65-26-14-6-15-27-65/h4-58H,60-61H2,1-3H3. The lowest BCUT2D eigenvalue weighted by Gasteiger charge is -2.44. The SMILES string of the molecule is CC(C)(C)c1ccc2c(c1)c1cc(-c3cc4c5c(c3)N(c3ccc(-c6ccccc6)cc3)c3ccc(C(=O)OCc6ccccc6)cc3B5c3cc(C(=O)OCc5ccccc5)ccc3N4c3ccc(-c4ccccc4)cc3)ccc1n2-c1ccc(C#N)cc1-c1nc(-c2ccccc2)nc(-c2ccccc2)n1. The van der Waals surface area contributed by atoms with Gasteiger partial charge in [0.1, 0.15) is 13.2 Å². The zero-order valence-electron chi connectivity index (χ0n) is 59.5. The molecule has 0 unspecified atom stereocenters. The number of fused-ring (bicyclic) bond motifs is 7. The first-order valence-corrected chi connectivity index (χ1v) is 36.2. The molecule has 0 saturated carbocycles. The van der Waals surface area contributed by atoms with E-state index in [-0.39, 0.29) is 18.6 Å². The predicted molar refractivity (Wildman–Crippen MR) is 435 cm³/mol. The Bertz CT molecular complexity index is 5930. The van der Waals surface area contributed by atoms with Gasteiger partial charge in [-0.25, -0.2) is 24.5 Å². The highest BCUT2D eigenvalue weighted by molar-refractivity contribution is 7.00. The van der Waals surface area contributed by atoms with E-state index in [9.17, 15) is 14.9 Å². The van der Waals surface area contributed by atoms with Crippen molar-refractivity contribution in [2.75, 3.05) is 9.80 Å². The van der Waals surface area contributed by atoms with Crippen LogP contribution >= 0.6 is 0 Å². The highest BCUT2D eigenvalue weighted by atomic mass is 16.5.